The molecule has 200 valence electrons. The Morgan fingerprint density at radius 2 is 1.11 bits per heavy atom. The van der Waals surface area contributed by atoms with Gasteiger partial charge in [-0.15, -0.1) is 0 Å². The summed E-state index contributed by atoms with van der Waals surface area (Å²) in [7, 11) is 0. The zero-order valence-electron chi connectivity index (χ0n) is 18.5. The molecule has 0 aliphatic carbocycles. The molecule has 0 spiro atoms. The normalized spacial score (nSPS) is 11.8. The molecule has 35 heavy (non-hydrogen) atoms. The fourth-order valence-corrected chi connectivity index (χ4v) is 1.63. The summed E-state index contributed by atoms with van der Waals surface area (Å²) >= 11 is 0. The number of rotatable bonds is 11. The van der Waals surface area contributed by atoms with E-state index in [9.17, 15) is 38.4 Å². The van der Waals surface area contributed by atoms with Crippen LogP contribution in [0.4, 0.5) is 0 Å². The molecule has 19 heteroatoms. The molecule has 3 unspecified atom stereocenters. The van der Waals surface area contributed by atoms with E-state index in [2.05, 4.69) is 26.8 Å². The molecular weight excluding hydrogens is 486 g/mol. The summed E-state index contributed by atoms with van der Waals surface area (Å²) in [6.07, 6.45) is -1.59. The Kier molecular flexibility index (Phi) is 19.3. The van der Waals surface area contributed by atoms with E-state index in [0.29, 0.717) is 0 Å². The molecule has 0 radical (unpaired) electrons. The van der Waals surface area contributed by atoms with Crippen molar-refractivity contribution < 1.29 is 68.5 Å². The monoisotopic (exact) mass is 513 g/mol. The van der Waals surface area contributed by atoms with Gasteiger partial charge >= 0.3 is 35.8 Å². The number of carbonyl (C=O) groups excluding carboxylic acids is 4. The van der Waals surface area contributed by atoms with Gasteiger partial charge in [0.05, 0.1) is 19.3 Å². The van der Waals surface area contributed by atoms with Crippen LogP contribution in [-0.2, 0) is 48.0 Å². The molecule has 19 nitrogen and oxygen atoms in total. The first-order chi connectivity index (χ1) is 16.0. The number of nitrogens with two attached hydrogens (primary N) is 3. The minimum Gasteiger partial charge on any atom is -0.481 e. The summed E-state index contributed by atoms with van der Waals surface area (Å²) < 4.78 is 0. The van der Waals surface area contributed by atoms with Gasteiger partial charge in [0.25, 0.3) is 0 Å². The van der Waals surface area contributed by atoms with Gasteiger partial charge in [0.2, 0.25) is 11.8 Å². The van der Waals surface area contributed by atoms with Crippen molar-refractivity contribution in [1.82, 2.24) is 10.6 Å². The van der Waals surface area contributed by atoms with Gasteiger partial charge in [-0.25, -0.2) is 9.59 Å². The summed E-state index contributed by atoms with van der Waals surface area (Å²) in [5.41, 5.74) is 4.84. The topological polar surface area (TPSA) is 338 Å². The molecule has 2 amide bonds. The van der Waals surface area contributed by atoms with Crippen LogP contribution in [-0.4, -0.2) is 86.2 Å². The molecule has 0 heterocycles. The summed E-state index contributed by atoms with van der Waals surface area (Å²) in [5, 5.41) is 36.8. The van der Waals surface area contributed by atoms with Crippen LogP contribution in [0.2, 0.25) is 0 Å². The lowest BCUT2D eigenvalue weighted by Gasteiger charge is -2.12. The molecule has 0 aromatic heterocycles. The zero-order valence-corrected chi connectivity index (χ0v) is 18.5. The van der Waals surface area contributed by atoms with Crippen LogP contribution in [0.3, 0.4) is 0 Å². The number of hydrogen-bond donors (Lipinski definition) is 9. The van der Waals surface area contributed by atoms with E-state index in [1.165, 1.54) is 6.92 Å². The molecular formula is C16H27N5O14. The molecule has 3 atom stereocenters. The number of hydrogen-bond acceptors (Lipinski definition) is 13. The van der Waals surface area contributed by atoms with E-state index >= 15 is 0 Å². The van der Waals surface area contributed by atoms with Crippen molar-refractivity contribution in [3.05, 3.63) is 0 Å². The Bertz CT molecular complexity index is 771. The highest BCUT2D eigenvalue weighted by Gasteiger charge is 2.24. The van der Waals surface area contributed by atoms with Crippen LogP contribution in [0.15, 0.2) is 0 Å². The van der Waals surface area contributed by atoms with E-state index in [4.69, 9.17) is 26.2 Å². The minimum absolute atomic E-state index is 0.438. The van der Waals surface area contributed by atoms with Crippen LogP contribution in [0, 0.1) is 0 Å². The van der Waals surface area contributed by atoms with Gasteiger partial charge in [-0.2, -0.15) is 11.8 Å². The number of nitrogens with one attached hydrogen (secondary N) is 2. The van der Waals surface area contributed by atoms with Gasteiger partial charge in [-0.05, 0) is 0 Å². The number of aliphatic carboxylic acids is 4. The average Bonchev–Trinajstić information content (AvgIpc) is 2.71. The maximum atomic E-state index is 10.9. The van der Waals surface area contributed by atoms with Gasteiger partial charge in [0, 0.05) is 13.8 Å². The summed E-state index contributed by atoms with van der Waals surface area (Å²) in [6.45, 7) is 2.29. The Morgan fingerprint density at radius 3 is 1.37 bits per heavy atom. The van der Waals surface area contributed by atoms with Crippen molar-refractivity contribution in [1.29, 1.82) is 0 Å². The predicted molar refractivity (Wildman–Crippen MR) is 108 cm³/mol. The Balaban J connectivity index is -0.000000450. The lowest BCUT2D eigenvalue weighted by Crippen LogP contribution is -2.43. The molecule has 0 saturated carbocycles. The third-order valence-corrected chi connectivity index (χ3v) is 3.05. The quantitative estimate of drug-likeness (QED) is 0.118. The van der Waals surface area contributed by atoms with Crippen molar-refractivity contribution in [3.8, 4) is 0 Å². The van der Waals surface area contributed by atoms with Crippen LogP contribution >= 0.6 is 0 Å². The maximum absolute atomic E-state index is 10.9. The van der Waals surface area contributed by atoms with Crippen molar-refractivity contribution in [2.24, 2.45) is 17.5 Å². The molecule has 0 bridgehead atoms. The highest BCUT2D eigenvalue weighted by Crippen LogP contribution is 1.96. The highest BCUT2D eigenvalue weighted by molar-refractivity contribution is 5.87. The maximum Gasteiger partial charge on any atom is 0.347 e. The molecule has 12 N–H and O–H groups in total. The van der Waals surface area contributed by atoms with Crippen molar-refractivity contribution in [3.63, 3.8) is 0 Å². The van der Waals surface area contributed by atoms with Crippen LogP contribution < -0.4 is 28.2 Å². The fraction of sp³-hybridized carbons (Fsp3) is 0.500. The van der Waals surface area contributed by atoms with E-state index in [-0.39, 0.29) is 0 Å². The Hall–Kier alpha value is -4.36. The van der Waals surface area contributed by atoms with Crippen LogP contribution in [0.1, 0.15) is 33.1 Å². The smallest absolute Gasteiger partial charge is 0.347 e. The number of carboxylic acid groups (broad SMARTS) is 4. The van der Waals surface area contributed by atoms with Crippen LogP contribution in [0.5, 0.6) is 0 Å². The summed E-state index contributed by atoms with van der Waals surface area (Å²) in [5.74, 6) is 1.11. The summed E-state index contributed by atoms with van der Waals surface area (Å²) in [6, 6.07) is -3.82. The average molecular weight is 513 g/mol. The van der Waals surface area contributed by atoms with Gasteiger partial charge in [0.15, 0.2) is 0 Å². The van der Waals surface area contributed by atoms with E-state index in [1.807, 2.05) is 5.32 Å². The number of amides is 2. The fourth-order valence-electron chi connectivity index (χ4n) is 1.63. The Labute approximate surface area is 196 Å². The van der Waals surface area contributed by atoms with Crippen LogP contribution in [0.25, 0.3) is 0 Å². The number of carbonyl (C=O) groups is 8. The molecule has 0 rings (SSSR count). The number of carboxylic acids is 4. The first kappa shape index (κ1) is 35.2. The first-order valence-corrected chi connectivity index (χ1v) is 8.97. The van der Waals surface area contributed by atoms with E-state index in [1.54, 1.807) is 0 Å². The second-order valence-electron chi connectivity index (χ2n) is 6.12. The second kappa shape index (κ2) is 19.1. The molecule has 0 fully saturated rings. The first-order valence-electron chi connectivity index (χ1n) is 8.97. The molecule has 0 aliphatic rings. The standard InChI is InChI=1S/C6H11N3O5.C6H9NO5.C4H7NO4/c1-3(10)9-4(6(12)14-8)2-5(11)13-7;1-3(8)7-4(6(11)12)2-5(9)10;5-2(4(8)9)1-3(6)7/h4H,2,7-8H2,1H3,(H,9,10);4H,2H2,1H3,(H,7,8)(H,9,10)(H,11,12);2H,1,5H2,(H,6,7)(H,8,9). The molecule has 0 saturated heterocycles. The molecule has 0 aromatic rings. The third kappa shape index (κ3) is 22.6. The molecule has 0 aromatic carbocycles. The predicted octanol–water partition coefficient (Wildman–Crippen LogP) is -4.36. The van der Waals surface area contributed by atoms with Crippen molar-refractivity contribution in [2.45, 2.75) is 51.2 Å². The highest BCUT2D eigenvalue weighted by atomic mass is 16.7. The van der Waals surface area contributed by atoms with Gasteiger partial charge < -0.3 is 46.5 Å². The van der Waals surface area contributed by atoms with E-state index in [0.717, 1.165) is 6.92 Å². The largest absolute Gasteiger partial charge is 0.481 e. The molecule has 0 aliphatic heterocycles. The third-order valence-electron chi connectivity index (χ3n) is 3.05. The second-order valence-corrected chi connectivity index (χ2v) is 6.12. The zero-order chi connectivity index (χ0) is 28.3. The van der Waals surface area contributed by atoms with Crippen molar-refractivity contribution >= 4 is 47.6 Å². The summed E-state index contributed by atoms with van der Waals surface area (Å²) in [4.78, 5) is 90.2. The van der Waals surface area contributed by atoms with Gasteiger partial charge in [-0.3, -0.25) is 28.8 Å². The lowest BCUT2D eigenvalue weighted by molar-refractivity contribution is -0.154. The Morgan fingerprint density at radius 1 is 0.686 bits per heavy atom. The minimum atomic E-state index is -1.35. The van der Waals surface area contributed by atoms with Gasteiger partial charge in [0.1, 0.15) is 18.1 Å². The van der Waals surface area contributed by atoms with Gasteiger partial charge in [-0.1, -0.05) is 0 Å². The van der Waals surface area contributed by atoms with E-state index < -0.39 is 85.0 Å². The van der Waals surface area contributed by atoms with Crippen molar-refractivity contribution in [2.75, 3.05) is 0 Å². The SMILES string of the molecule is CC(=O)NC(CC(=O)O)C(=O)O.CC(=O)NC(CC(=O)ON)C(=O)ON.NC(CC(=O)O)C(=O)O. The lowest BCUT2D eigenvalue weighted by atomic mass is 10.2.